The molecule has 4 aromatic carbocycles. The van der Waals surface area contributed by atoms with Crippen molar-refractivity contribution < 1.29 is 67.9 Å². The minimum atomic E-state index is -2.68. The van der Waals surface area contributed by atoms with E-state index in [4.69, 9.17) is 160 Å². The average Bonchev–Trinajstić information content (AvgIpc) is 1.66. The van der Waals surface area contributed by atoms with Gasteiger partial charge in [0.05, 0.1) is 94.7 Å². The van der Waals surface area contributed by atoms with Gasteiger partial charge in [-0.3, -0.25) is 52.6 Å². The van der Waals surface area contributed by atoms with E-state index < -0.39 is 36.1 Å². The molecule has 0 spiro atoms. The maximum atomic E-state index is 11.9. The van der Waals surface area contributed by atoms with Crippen molar-refractivity contribution in [3.8, 4) is 46.7 Å². The molecule has 0 bridgehead atoms. The van der Waals surface area contributed by atoms with E-state index >= 15 is 0 Å². The summed E-state index contributed by atoms with van der Waals surface area (Å²) in [7, 11) is 9.78. The van der Waals surface area contributed by atoms with E-state index in [1.165, 1.54) is 153 Å². The zero-order valence-corrected chi connectivity index (χ0v) is 88.4. The van der Waals surface area contributed by atoms with Crippen molar-refractivity contribution in [2.75, 3.05) is 88.0 Å². The van der Waals surface area contributed by atoms with Gasteiger partial charge in [0.25, 0.3) is 5.24 Å². The van der Waals surface area contributed by atoms with Crippen LogP contribution in [-0.4, -0.2) is 193 Å². The molecule has 5 aliphatic carbocycles. The van der Waals surface area contributed by atoms with E-state index in [-0.39, 0.29) is 63.8 Å². The topological polar surface area (TPSA) is 313 Å². The van der Waals surface area contributed by atoms with Crippen molar-refractivity contribution in [1.29, 1.82) is 0 Å². The Hall–Kier alpha value is -5.84. The third-order valence-electron chi connectivity index (χ3n) is 23.8. The van der Waals surface area contributed by atoms with Crippen LogP contribution in [0.4, 0.5) is 0 Å². The molecule has 3 saturated heterocycles. The SMILES string of the molecule is C#CC1CCCCC1.CC(=O)C(=[N+]=[N-])P(C)(C)=O.CN1CCC(c2cc(-c3cccc(Cl)c3Cl)nn2C)CC1.CON(C)C(=O)C1CCCCC1.CON(C)Cl.Cl.Cn1nc(-c2cccc(Cl)c2Cl)cc1C1CCN(Cl)CC1.O=C(C#CC1CCCCC1)c1cccc(Cl)c1Cl.O=C(Cl)c1cccc(Cl)c1Cl.O=C(O)C1CCCCC1.O=C(O)C1CCCCC1.O=C(O)C1CCNCC1. The second-order valence-corrected chi connectivity index (χ2v) is 41.6. The summed E-state index contributed by atoms with van der Waals surface area (Å²) in [4.78, 5) is 89.9. The molecule has 6 aromatic rings. The number of hydrogen-bond acceptors (Lipinski definition) is 16. The number of amides is 1. The van der Waals surface area contributed by atoms with Crippen molar-refractivity contribution in [3.05, 3.63) is 153 Å². The summed E-state index contributed by atoms with van der Waals surface area (Å²) in [5.41, 5.74) is 14.7. The summed E-state index contributed by atoms with van der Waals surface area (Å²) < 4.78 is 18.0. The number of carboxylic acid groups (broad SMARTS) is 3. The first-order chi connectivity index (χ1) is 63.2. The number of aromatic nitrogens is 4. The number of Topliss-reactive ketones (excluding diaryl/α,β-unsaturated/α-hetero) is 2. The number of ketones is 2. The average molecular weight is 2120 g/mol. The lowest BCUT2D eigenvalue weighted by Crippen LogP contribution is -2.33. The Morgan fingerprint density at radius 2 is 0.858 bits per heavy atom. The largest absolute Gasteiger partial charge is 0.481 e. The maximum Gasteiger partial charge on any atom is 0.388 e. The smallest absolute Gasteiger partial charge is 0.388 e. The Balaban J connectivity index is 0.000000388. The van der Waals surface area contributed by atoms with Gasteiger partial charge < -0.3 is 35.6 Å². The highest BCUT2D eigenvalue weighted by molar-refractivity contribution is 7.81. The van der Waals surface area contributed by atoms with Gasteiger partial charge in [-0.1, -0.05) is 231 Å². The van der Waals surface area contributed by atoms with Crippen LogP contribution in [0.5, 0.6) is 0 Å². The molecule has 3 aliphatic heterocycles. The van der Waals surface area contributed by atoms with Gasteiger partial charge >= 0.3 is 23.4 Å². The number of halogens is 12. The fourth-order valence-corrected chi connectivity index (χ4v) is 18.9. The molecule has 24 nitrogen and oxygen atoms in total. The van der Waals surface area contributed by atoms with Gasteiger partial charge in [-0.05, 0) is 227 Å². The summed E-state index contributed by atoms with van der Waals surface area (Å²) in [5, 5.41) is 42.2. The maximum absolute atomic E-state index is 11.9. The molecule has 134 heavy (non-hydrogen) atoms. The molecular formula is C97H132Cl12N11O13P. The molecular weight excluding hydrogens is 1980 g/mol. The number of nitrogens with one attached hydrogen (secondary N) is 1. The summed E-state index contributed by atoms with van der Waals surface area (Å²) >= 11 is 64.2. The summed E-state index contributed by atoms with van der Waals surface area (Å²) in [5.74, 6) is 8.28. The van der Waals surface area contributed by atoms with Crippen LogP contribution in [-0.2, 0) is 52.3 Å². The van der Waals surface area contributed by atoms with Crippen LogP contribution in [0.1, 0.15) is 250 Å². The number of carboxylic acids is 3. The van der Waals surface area contributed by atoms with E-state index in [1.54, 1.807) is 56.6 Å². The van der Waals surface area contributed by atoms with E-state index in [0.717, 1.165) is 169 Å². The first-order valence-electron chi connectivity index (χ1n) is 45.3. The molecule has 0 atom stereocenters. The Morgan fingerprint density at radius 1 is 0.515 bits per heavy atom. The van der Waals surface area contributed by atoms with Gasteiger partial charge in [-0.2, -0.15) is 15.0 Å². The molecule has 2 aromatic heterocycles. The van der Waals surface area contributed by atoms with E-state index in [2.05, 4.69) is 67.0 Å². The molecule has 14 rings (SSSR count). The highest BCUT2D eigenvalue weighted by Crippen LogP contribution is 2.40. The predicted molar refractivity (Wildman–Crippen MR) is 548 cm³/mol. The summed E-state index contributed by atoms with van der Waals surface area (Å²) in [6.45, 7) is 9.79. The zero-order valence-electron chi connectivity index (χ0n) is 78.4. The number of piperidine rings is 3. The Bertz CT molecular complexity index is 4650. The Morgan fingerprint density at radius 3 is 1.17 bits per heavy atom. The van der Waals surface area contributed by atoms with Crippen molar-refractivity contribution in [3.63, 3.8) is 0 Å². The van der Waals surface area contributed by atoms with Crippen LogP contribution in [0.25, 0.3) is 28.0 Å². The fourth-order valence-electron chi connectivity index (χ4n) is 15.9. The van der Waals surface area contributed by atoms with E-state index in [0.29, 0.717) is 64.4 Å². The lowest BCUT2D eigenvalue weighted by Gasteiger charge is -2.28. The minimum Gasteiger partial charge on any atom is -0.481 e. The summed E-state index contributed by atoms with van der Waals surface area (Å²) in [6, 6.07) is 25.3. The van der Waals surface area contributed by atoms with Crippen LogP contribution in [0.15, 0.2) is 84.9 Å². The van der Waals surface area contributed by atoms with Crippen LogP contribution in [0.3, 0.4) is 0 Å². The lowest BCUT2D eigenvalue weighted by molar-refractivity contribution is -0.174. The number of terminal acetylenes is 1. The van der Waals surface area contributed by atoms with Gasteiger partial charge in [0, 0.05) is 112 Å². The highest BCUT2D eigenvalue weighted by Gasteiger charge is 2.31. The molecule has 0 radical (unpaired) electrons. The molecule has 8 aliphatic rings. The first-order valence-corrected chi connectivity index (χ1v) is 52.0. The number of hydroxylamine groups is 3. The normalized spacial score (nSPS) is 16.9. The monoisotopic (exact) mass is 2110 g/mol. The molecule has 5 heterocycles. The molecule has 1 amide bonds. The molecule has 0 unspecified atom stereocenters. The number of hydrogen-bond donors (Lipinski definition) is 4. The van der Waals surface area contributed by atoms with Crippen molar-refractivity contribution in [2.45, 2.75) is 218 Å². The van der Waals surface area contributed by atoms with Crippen molar-refractivity contribution in [2.24, 2.45) is 49.6 Å². The Kier molecular flexibility index (Phi) is 60.9. The molecule has 742 valence electrons. The third kappa shape index (κ3) is 45.2. The summed E-state index contributed by atoms with van der Waals surface area (Å²) in [6.07, 6.45) is 40.1. The van der Waals surface area contributed by atoms with Gasteiger partial charge in [-0.25, -0.2) is 9.48 Å². The molecule has 8 fully saturated rings. The number of aliphatic carboxylic acids is 3. The number of rotatable bonds is 14. The van der Waals surface area contributed by atoms with Gasteiger partial charge in [-0.15, -0.1) is 29.3 Å². The van der Waals surface area contributed by atoms with Crippen molar-refractivity contribution in [1.82, 2.24) is 43.8 Å². The fraction of sp³-hybridized carbons (Fsp3) is 0.567. The standard InChI is InChI=1S/C16H19Cl2N3.C15H16Cl3N3.C15H14Cl2O.C9H17NO2.C8H12.C7H3Cl3O.2C7H12O2.C6H11NO2.C5H9N2O2P.C2H6ClNO.ClH/c1-20-8-6-11(7-9-20)15-10-14(19-21(15)2)12-4-3-5-13(17)16(12)18;1-20-14(10-5-7-21(18)8-6-10)9-13(19-20)11-3-2-4-12(16)15(11)17;16-13-8-4-7-12(15(13)17)14(18)10-9-11-5-2-1-3-6-11;1-10(12-2)9(11)8-6-4-3-5-7-8;1-2-8-6-4-3-5-7-8;8-5-3-1-2-4(6(5)9)7(10)11;2*8-7(9)6-4-2-1-3-5-6;8-6(9)5-1-3-7-4-2-5;1-4(8)5(7-6)10(2,3)9;1-4(3)5-2;/h3-5,10-11H,6-9H2,1-2H3;2-4,9-10H,5-8H2,1H3;4,7-8,11H,1-3,5-6H2;8H,3-7H2,1-2H3;1,8H,3-7H2;1-3H;2*6H,1-5H2,(H,8,9);5,7H,1-4H2,(H,8,9);1-3H3;1-2H3;1H. The highest BCUT2D eigenvalue weighted by atomic mass is 35.5. The quantitative estimate of drug-likeness (QED) is 0.00752. The number of carbonyl (C=O) groups is 7. The van der Waals surface area contributed by atoms with E-state index in [9.17, 15) is 38.1 Å². The van der Waals surface area contributed by atoms with Crippen LogP contribution < -0.4 is 5.32 Å². The van der Waals surface area contributed by atoms with Crippen molar-refractivity contribution >= 4 is 194 Å². The Labute approximate surface area is 853 Å². The number of nitrogens with zero attached hydrogens (tertiary/aromatic N) is 10. The molecule has 4 N–H and O–H groups in total. The predicted octanol–water partition coefficient (Wildman–Crippen LogP) is 26.1. The third-order valence-corrected chi connectivity index (χ3v) is 29.2. The van der Waals surface area contributed by atoms with E-state index in [1.807, 2.05) is 52.1 Å². The second kappa shape index (κ2) is 66.7. The number of benzene rings is 4. The number of carbonyl (C=O) groups excluding carboxylic acids is 4. The van der Waals surface area contributed by atoms with Crippen LogP contribution in [0, 0.1) is 59.7 Å². The van der Waals surface area contributed by atoms with Crippen LogP contribution >= 0.6 is 148 Å². The van der Waals surface area contributed by atoms with Gasteiger partial charge in [0.15, 0.2) is 7.14 Å². The lowest BCUT2D eigenvalue weighted by atomic mass is 9.89. The van der Waals surface area contributed by atoms with Gasteiger partial charge in [0.1, 0.15) is 0 Å². The van der Waals surface area contributed by atoms with Crippen LogP contribution in [0.2, 0.25) is 40.2 Å². The molecule has 5 saturated carbocycles. The first kappa shape index (κ1) is 122. The zero-order chi connectivity index (χ0) is 98.9. The van der Waals surface area contributed by atoms with Gasteiger partial charge in [0.2, 0.25) is 17.5 Å². The number of aryl methyl sites for hydroxylation is 2. The number of likely N-dealkylation sites (tertiary alicyclic amines) is 1. The minimum absolute atomic E-state index is 0. The molecule has 37 heteroatoms. The second-order valence-electron chi connectivity index (χ2n) is 34.0.